The summed E-state index contributed by atoms with van der Waals surface area (Å²) in [4.78, 5) is 46.7. The molecule has 5 aromatic rings. The molecule has 2 aliphatic rings. The van der Waals surface area contributed by atoms with Crippen LogP contribution in [0.5, 0.6) is 0 Å². The highest BCUT2D eigenvalue weighted by Gasteiger charge is 2.29. The molecule has 6 heterocycles. The van der Waals surface area contributed by atoms with Gasteiger partial charge in [-0.05, 0) is 42.8 Å². The van der Waals surface area contributed by atoms with Crippen molar-refractivity contribution in [3.05, 3.63) is 72.4 Å². The fourth-order valence-corrected chi connectivity index (χ4v) is 6.52. The summed E-state index contributed by atoms with van der Waals surface area (Å²) >= 11 is 1.39. The van der Waals surface area contributed by atoms with E-state index in [0.29, 0.717) is 36.9 Å². The van der Waals surface area contributed by atoms with Gasteiger partial charge in [0.1, 0.15) is 11.2 Å². The van der Waals surface area contributed by atoms with E-state index in [1.54, 1.807) is 24.9 Å². The van der Waals surface area contributed by atoms with Gasteiger partial charge >= 0.3 is 0 Å². The number of benzene rings is 1. The van der Waals surface area contributed by atoms with Gasteiger partial charge in [-0.1, -0.05) is 0 Å². The van der Waals surface area contributed by atoms with Crippen LogP contribution in [-0.4, -0.2) is 103 Å². The number of likely N-dealkylation sites (tertiary alicyclic amines) is 1. The van der Waals surface area contributed by atoms with E-state index >= 15 is 0 Å². The number of thiophene rings is 1. The monoisotopic (exact) mass is 582 g/mol. The van der Waals surface area contributed by atoms with Crippen LogP contribution in [0.1, 0.15) is 16.1 Å². The number of amides is 2. The molecule has 0 radical (unpaired) electrons. The smallest absolute Gasteiger partial charge is 0.261 e. The normalized spacial score (nSPS) is 17.7. The van der Waals surface area contributed by atoms with Gasteiger partial charge in [-0.25, -0.2) is 15.0 Å². The number of hydrogen-bond donors (Lipinski definition) is 2. The van der Waals surface area contributed by atoms with Gasteiger partial charge in [0, 0.05) is 81.3 Å². The van der Waals surface area contributed by atoms with Crippen molar-refractivity contribution in [1.82, 2.24) is 44.8 Å². The van der Waals surface area contributed by atoms with E-state index in [-0.39, 0.29) is 17.9 Å². The highest BCUT2D eigenvalue weighted by molar-refractivity contribution is 7.20. The first-order valence-electron chi connectivity index (χ1n) is 14.0. The quantitative estimate of drug-likeness (QED) is 0.300. The summed E-state index contributed by atoms with van der Waals surface area (Å²) in [6, 6.07) is 12.0. The Labute approximate surface area is 246 Å². The van der Waals surface area contributed by atoms with Crippen molar-refractivity contribution >= 4 is 39.1 Å². The molecule has 2 saturated heterocycles. The molecule has 42 heavy (non-hydrogen) atoms. The second-order valence-corrected chi connectivity index (χ2v) is 11.6. The van der Waals surface area contributed by atoms with E-state index in [9.17, 15) is 9.59 Å². The number of carbonyl (C=O) groups is 2. The Balaban J connectivity index is 0.883. The van der Waals surface area contributed by atoms with Crippen LogP contribution in [0.15, 0.2) is 67.5 Å². The number of nitrogens with one attached hydrogen (secondary N) is 2. The fraction of sp³-hybridized carbons (Fsp3) is 0.310. The first kappa shape index (κ1) is 26.3. The van der Waals surface area contributed by atoms with Gasteiger partial charge in [-0.2, -0.15) is 5.10 Å². The minimum atomic E-state index is -0.0974. The minimum Gasteiger partial charge on any atom is -0.368 e. The molecule has 0 saturated carbocycles. The number of hydrogen-bond acceptors (Lipinski definition) is 9. The summed E-state index contributed by atoms with van der Waals surface area (Å²) in [7, 11) is 0. The van der Waals surface area contributed by atoms with Crippen molar-refractivity contribution in [3.8, 4) is 17.2 Å². The summed E-state index contributed by atoms with van der Waals surface area (Å²) in [5.41, 5.74) is 2.12. The molecule has 1 atom stereocenters. The average Bonchev–Trinajstić information content (AvgIpc) is 3.84. The molecule has 12 nitrogen and oxygen atoms in total. The van der Waals surface area contributed by atoms with Crippen LogP contribution in [0.25, 0.3) is 27.4 Å². The fourth-order valence-electron chi connectivity index (χ4n) is 5.62. The zero-order valence-electron chi connectivity index (χ0n) is 22.9. The summed E-state index contributed by atoms with van der Waals surface area (Å²) in [6.45, 7) is 4.79. The number of carbonyl (C=O) groups excluding carboxylic acids is 2. The maximum absolute atomic E-state index is 13.1. The highest BCUT2D eigenvalue weighted by atomic mass is 32.1. The summed E-state index contributed by atoms with van der Waals surface area (Å²) in [6.07, 6.45) is 9.51. The number of imidazole rings is 1. The van der Waals surface area contributed by atoms with Crippen molar-refractivity contribution in [2.24, 2.45) is 0 Å². The molecule has 2 fully saturated rings. The van der Waals surface area contributed by atoms with Crippen LogP contribution in [0, 0.1) is 0 Å². The predicted octanol–water partition coefficient (Wildman–Crippen LogP) is 2.42. The van der Waals surface area contributed by atoms with Crippen molar-refractivity contribution in [2.75, 3.05) is 50.7 Å². The number of aromatic amines is 1. The van der Waals surface area contributed by atoms with E-state index in [1.165, 1.54) is 11.3 Å². The largest absolute Gasteiger partial charge is 0.368 e. The zero-order chi connectivity index (χ0) is 28.5. The van der Waals surface area contributed by atoms with Gasteiger partial charge in [-0.15, -0.1) is 11.3 Å². The van der Waals surface area contributed by atoms with Gasteiger partial charge in [-0.3, -0.25) is 24.2 Å². The average molecular weight is 583 g/mol. The molecular formula is C29H30N10O2S. The number of nitrogens with zero attached hydrogens (tertiary/aromatic N) is 8. The van der Waals surface area contributed by atoms with Crippen LogP contribution in [0.3, 0.4) is 0 Å². The SMILES string of the molecule is O=C(N[C@H]1CCN(CC(=O)N2CCN(c3ccc(-c4ncccn4)cc3)CC2)C1)c1cc2c(-n3ccnc3)n[nH]c2s1. The predicted molar refractivity (Wildman–Crippen MR) is 160 cm³/mol. The van der Waals surface area contributed by atoms with Crippen LogP contribution in [0.2, 0.25) is 0 Å². The number of aromatic nitrogens is 6. The van der Waals surface area contributed by atoms with Crippen LogP contribution < -0.4 is 10.2 Å². The summed E-state index contributed by atoms with van der Waals surface area (Å²) < 4.78 is 1.82. The first-order valence-corrected chi connectivity index (χ1v) is 14.8. The van der Waals surface area contributed by atoms with E-state index in [4.69, 9.17) is 0 Å². The Kier molecular flexibility index (Phi) is 7.10. The van der Waals surface area contributed by atoms with E-state index in [1.807, 2.05) is 39.9 Å². The number of fused-ring (bicyclic) bond motifs is 1. The highest BCUT2D eigenvalue weighted by Crippen LogP contribution is 2.28. The van der Waals surface area contributed by atoms with E-state index in [0.717, 1.165) is 53.3 Å². The molecule has 4 aromatic heterocycles. The van der Waals surface area contributed by atoms with Gasteiger partial charge in [0.25, 0.3) is 5.91 Å². The number of rotatable bonds is 7. The Morgan fingerprint density at radius 3 is 2.60 bits per heavy atom. The lowest BCUT2D eigenvalue weighted by Gasteiger charge is -2.36. The Hall–Kier alpha value is -4.62. The summed E-state index contributed by atoms with van der Waals surface area (Å²) in [5.74, 6) is 1.48. The third-order valence-corrected chi connectivity index (χ3v) is 8.90. The zero-order valence-corrected chi connectivity index (χ0v) is 23.7. The molecule has 13 heteroatoms. The van der Waals surface area contributed by atoms with E-state index in [2.05, 4.69) is 52.4 Å². The molecule has 2 aliphatic heterocycles. The first-order chi connectivity index (χ1) is 20.6. The van der Waals surface area contributed by atoms with Crippen LogP contribution in [-0.2, 0) is 4.79 Å². The standard InChI is InChI=1S/C29H30N10O2S/c40-25(38-14-12-37(13-15-38)22-4-2-20(3-5-22)26-31-7-1-8-32-26)18-36-10-6-21(17-36)33-28(41)24-16-23-27(34-35-29(23)42-24)39-11-9-30-19-39/h1-5,7-9,11,16,19,21H,6,10,12-15,17-18H2,(H,33,41)(H,34,35)/t21-/m0/s1. The molecule has 1 aromatic carbocycles. The van der Waals surface area contributed by atoms with Gasteiger partial charge in [0.05, 0.1) is 16.8 Å². The van der Waals surface area contributed by atoms with Crippen molar-refractivity contribution < 1.29 is 9.59 Å². The molecule has 0 aliphatic carbocycles. The lowest BCUT2D eigenvalue weighted by atomic mass is 10.1. The molecule has 2 N–H and O–H groups in total. The third kappa shape index (κ3) is 5.35. The van der Waals surface area contributed by atoms with Gasteiger partial charge in [0.15, 0.2) is 11.6 Å². The topological polar surface area (TPSA) is 128 Å². The third-order valence-electron chi connectivity index (χ3n) is 7.86. The number of H-pyrrole nitrogens is 1. The second-order valence-electron chi connectivity index (χ2n) is 10.6. The molecule has 214 valence electrons. The maximum Gasteiger partial charge on any atom is 0.261 e. The van der Waals surface area contributed by atoms with Crippen molar-refractivity contribution in [1.29, 1.82) is 0 Å². The van der Waals surface area contributed by atoms with Crippen molar-refractivity contribution in [3.63, 3.8) is 0 Å². The Morgan fingerprint density at radius 2 is 1.83 bits per heavy atom. The molecule has 2 amide bonds. The summed E-state index contributed by atoms with van der Waals surface area (Å²) in [5, 5.41) is 11.4. The van der Waals surface area contributed by atoms with Crippen LogP contribution in [0.4, 0.5) is 5.69 Å². The van der Waals surface area contributed by atoms with E-state index < -0.39 is 0 Å². The Bertz CT molecular complexity index is 1670. The van der Waals surface area contributed by atoms with Gasteiger partial charge in [0.2, 0.25) is 5.91 Å². The lowest BCUT2D eigenvalue weighted by molar-refractivity contribution is -0.132. The molecular weight excluding hydrogens is 552 g/mol. The lowest BCUT2D eigenvalue weighted by Crippen LogP contribution is -2.51. The Morgan fingerprint density at radius 1 is 1.02 bits per heavy atom. The van der Waals surface area contributed by atoms with Crippen molar-refractivity contribution in [2.45, 2.75) is 12.5 Å². The molecule has 0 bridgehead atoms. The van der Waals surface area contributed by atoms with Gasteiger partial charge < -0.3 is 15.1 Å². The molecule has 0 unspecified atom stereocenters. The second kappa shape index (κ2) is 11.3. The van der Waals surface area contributed by atoms with Crippen LogP contribution >= 0.6 is 11.3 Å². The minimum absolute atomic E-state index is 0.0121. The number of piperazine rings is 1. The maximum atomic E-state index is 13.1. The number of anilines is 1. The molecule has 0 spiro atoms. The molecule has 7 rings (SSSR count).